The molecule has 0 bridgehead atoms. The fourth-order valence-corrected chi connectivity index (χ4v) is 3.70. The molecule has 21 heavy (non-hydrogen) atoms. The van der Waals surface area contributed by atoms with Gasteiger partial charge in [0.25, 0.3) is 0 Å². The maximum absolute atomic E-state index is 6.02. The van der Waals surface area contributed by atoms with Crippen molar-refractivity contribution in [1.82, 2.24) is 10.2 Å². The second kappa shape index (κ2) is 6.47. The first-order valence-corrected chi connectivity index (χ1v) is 8.29. The van der Waals surface area contributed by atoms with Crippen molar-refractivity contribution in [3.63, 3.8) is 0 Å². The summed E-state index contributed by atoms with van der Waals surface area (Å²) in [5.74, 6) is 0. The molecule has 3 atom stereocenters. The Kier molecular flexibility index (Phi) is 4.63. The summed E-state index contributed by atoms with van der Waals surface area (Å²) in [5, 5.41) is 3.65. The minimum absolute atomic E-state index is 0.340. The van der Waals surface area contributed by atoms with Crippen LogP contribution in [0.15, 0.2) is 18.2 Å². The van der Waals surface area contributed by atoms with E-state index in [2.05, 4.69) is 49.2 Å². The minimum Gasteiger partial charge on any atom is -0.374 e. The van der Waals surface area contributed by atoms with Crippen LogP contribution in [0.3, 0.4) is 0 Å². The third-order valence-corrected chi connectivity index (χ3v) is 4.86. The highest BCUT2D eigenvalue weighted by Crippen LogP contribution is 2.23. The van der Waals surface area contributed by atoms with Crippen LogP contribution in [0.2, 0.25) is 0 Å². The molecule has 2 aliphatic rings. The predicted molar refractivity (Wildman–Crippen MR) is 86.7 cm³/mol. The lowest BCUT2D eigenvalue weighted by molar-refractivity contribution is -0.0477. The van der Waals surface area contributed by atoms with Gasteiger partial charge in [-0.1, -0.05) is 29.3 Å². The van der Waals surface area contributed by atoms with E-state index in [1.807, 2.05) is 0 Å². The van der Waals surface area contributed by atoms with E-state index >= 15 is 0 Å². The Hall–Kier alpha value is -0.900. The van der Waals surface area contributed by atoms with Crippen LogP contribution in [-0.2, 0) is 4.74 Å². The summed E-state index contributed by atoms with van der Waals surface area (Å²) in [5.41, 5.74) is 4.06. The summed E-state index contributed by atoms with van der Waals surface area (Å²) < 4.78 is 6.02. The van der Waals surface area contributed by atoms with Gasteiger partial charge in [0, 0.05) is 25.2 Å². The molecule has 1 aromatic rings. The average Bonchev–Trinajstić information content (AvgIpc) is 2.91. The van der Waals surface area contributed by atoms with E-state index in [-0.39, 0.29) is 0 Å². The molecule has 3 nitrogen and oxygen atoms in total. The molecule has 0 amide bonds. The van der Waals surface area contributed by atoms with E-state index in [0.717, 1.165) is 19.7 Å². The zero-order valence-corrected chi connectivity index (χ0v) is 13.6. The number of hydrogen-bond acceptors (Lipinski definition) is 3. The van der Waals surface area contributed by atoms with E-state index < -0.39 is 0 Å². The van der Waals surface area contributed by atoms with Crippen molar-refractivity contribution in [1.29, 1.82) is 0 Å². The van der Waals surface area contributed by atoms with Gasteiger partial charge in [-0.15, -0.1) is 0 Å². The van der Waals surface area contributed by atoms with Gasteiger partial charge in [0.15, 0.2) is 0 Å². The molecule has 2 aliphatic heterocycles. The first-order chi connectivity index (χ1) is 10.1. The van der Waals surface area contributed by atoms with Crippen LogP contribution in [0.4, 0.5) is 0 Å². The Morgan fingerprint density at radius 1 is 1.29 bits per heavy atom. The molecule has 0 saturated carbocycles. The van der Waals surface area contributed by atoms with E-state index in [0.29, 0.717) is 18.2 Å². The number of morpholine rings is 1. The number of ether oxygens (including phenoxy) is 1. The Labute approximate surface area is 128 Å². The Morgan fingerprint density at radius 2 is 2.05 bits per heavy atom. The maximum Gasteiger partial charge on any atom is 0.0827 e. The fourth-order valence-electron chi connectivity index (χ4n) is 3.70. The summed E-state index contributed by atoms with van der Waals surface area (Å²) in [6, 6.07) is 7.86. The van der Waals surface area contributed by atoms with Crippen LogP contribution in [0, 0.1) is 13.8 Å². The van der Waals surface area contributed by atoms with E-state index in [4.69, 9.17) is 4.74 Å². The van der Waals surface area contributed by atoms with E-state index in [9.17, 15) is 0 Å². The van der Waals surface area contributed by atoms with Crippen molar-refractivity contribution in [2.45, 2.75) is 51.8 Å². The lowest BCUT2D eigenvalue weighted by atomic mass is 10.0. The van der Waals surface area contributed by atoms with Gasteiger partial charge in [0.1, 0.15) is 0 Å². The summed E-state index contributed by atoms with van der Waals surface area (Å²) in [6.07, 6.45) is 3.00. The van der Waals surface area contributed by atoms with Crippen LogP contribution in [0.25, 0.3) is 0 Å². The molecule has 3 heteroatoms. The number of nitrogens with one attached hydrogen (secondary N) is 1. The van der Waals surface area contributed by atoms with Crippen molar-refractivity contribution in [2.75, 3.05) is 26.2 Å². The van der Waals surface area contributed by atoms with Gasteiger partial charge in [-0.3, -0.25) is 4.90 Å². The van der Waals surface area contributed by atoms with Crippen LogP contribution < -0.4 is 5.32 Å². The molecule has 0 aromatic heterocycles. The minimum atomic E-state index is 0.340. The molecule has 2 fully saturated rings. The highest BCUT2D eigenvalue weighted by atomic mass is 16.5. The number of hydrogen-bond donors (Lipinski definition) is 1. The Balaban J connectivity index is 1.52. The molecule has 0 radical (unpaired) electrons. The number of aryl methyl sites for hydroxylation is 2. The number of rotatable bonds is 4. The maximum atomic E-state index is 6.02. The van der Waals surface area contributed by atoms with Crippen molar-refractivity contribution >= 4 is 0 Å². The molecule has 2 saturated heterocycles. The fraction of sp³-hybridized carbons (Fsp3) is 0.667. The van der Waals surface area contributed by atoms with Crippen molar-refractivity contribution < 1.29 is 4.74 Å². The zero-order chi connectivity index (χ0) is 14.8. The van der Waals surface area contributed by atoms with Crippen LogP contribution in [0.5, 0.6) is 0 Å². The second-order valence-electron chi connectivity index (χ2n) is 6.80. The van der Waals surface area contributed by atoms with Gasteiger partial charge in [0.2, 0.25) is 0 Å². The topological polar surface area (TPSA) is 24.5 Å². The van der Waals surface area contributed by atoms with E-state index in [1.165, 1.54) is 36.1 Å². The van der Waals surface area contributed by atoms with Gasteiger partial charge in [-0.05, 0) is 45.7 Å². The van der Waals surface area contributed by atoms with Crippen molar-refractivity contribution in [3.8, 4) is 0 Å². The van der Waals surface area contributed by atoms with Crippen molar-refractivity contribution in [3.05, 3.63) is 34.9 Å². The number of fused-ring (bicyclic) bond motifs is 1. The molecule has 3 rings (SSSR count). The third-order valence-electron chi connectivity index (χ3n) is 4.86. The number of benzene rings is 1. The molecule has 116 valence electrons. The third kappa shape index (κ3) is 3.65. The highest BCUT2D eigenvalue weighted by Gasteiger charge is 2.32. The standard InChI is InChI=1S/C18H28N2O/c1-13-7-14(2)9-16(8-13)15(3)19-10-18-11-20-6-4-5-17(20)12-21-18/h7-9,15,17-19H,4-6,10-12H2,1-3H3. The van der Waals surface area contributed by atoms with Gasteiger partial charge in [-0.2, -0.15) is 0 Å². The van der Waals surface area contributed by atoms with Gasteiger partial charge >= 0.3 is 0 Å². The van der Waals surface area contributed by atoms with Crippen LogP contribution in [-0.4, -0.2) is 43.3 Å². The molecule has 1 N–H and O–H groups in total. The quantitative estimate of drug-likeness (QED) is 0.922. The summed E-state index contributed by atoms with van der Waals surface area (Å²) >= 11 is 0. The Morgan fingerprint density at radius 3 is 2.81 bits per heavy atom. The monoisotopic (exact) mass is 288 g/mol. The number of nitrogens with zero attached hydrogens (tertiary/aromatic N) is 1. The largest absolute Gasteiger partial charge is 0.374 e. The first kappa shape index (κ1) is 15.0. The van der Waals surface area contributed by atoms with Crippen LogP contribution >= 0.6 is 0 Å². The molecule has 2 heterocycles. The molecular weight excluding hydrogens is 260 g/mol. The molecular formula is C18H28N2O. The second-order valence-corrected chi connectivity index (χ2v) is 6.80. The highest BCUT2D eigenvalue weighted by molar-refractivity contribution is 5.30. The van der Waals surface area contributed by atoms with Gasteiger partial charge < -0.3 is 10.1 Å². The van der Waals surface area contributed by atoms with Gasteiger partial charge in [-0.25, -0.2) is 0 Å². The molecule has 0 spiro atoms. The zero-order valence-electron chi connectivity index (χ0n) is 13.6. The lowest BCUT2D eigenvalue weighted by Crippen LogP contribution is -2.49. The Bertz CT molecular complexity index is 468. The van der Waals surface area contributed by atoms with E-state index in [1.54, 1.807) is 0 Å². The normalized spacial score (nSPS) is 27.6. The van der Waals surface area contributed by atoms with Crippen LogP contribution in [0.1, 0.15) is 42.5 Å². The first-order valence-electron chi connectivity index (χ1n) is 8.29. The summed E-state index contributed by atoms with van der Waals surface area (Å²) in [6.45, 7) is 10.8. The average molecular weight is 288 g/mol. The molecule has 1 aromatic carbocycles. The smallest absolute Gasteiger partial charge is 0.0827 e. The molecule has 3 unspecified atom stereocenters. The predicted octanol–water partition coefficient (Wildman–Crippen LogP) is 2.82. The summed E-state index contributed by atoms with van der Waals surface area (Å²) in [7, 11) is 0. The van der Waals surface area contributed by atoms with Crippen molar-refractivity contribution in [2.24, 2.45) is 0 Å². The lowest BCUT2D eigenvalue weighted by Gasteiger charge is -2.35. The van der Waals surface area contributed by atoms with Gasteiger partial charge in [0.05, 0.1) is 12.7 Å². The summed E-state index contributed by atoms with van der Waals surface area (Å²) in [4.78, 5) is 2.61. The SMILES string of the molecule is Cc1cc(C)cc(C(C)NCC2CN3CCCC3CO2)c1. The molecule has 0 aliphatic carbocycles.